The highest BCUT2D eigenvalue weighted by Crippen LogP contribution is 2.28. The lowest BCUT2D eigenvalue weighted by Crippen LogP contribution is -2.29. The number of anilines is 1. The highest BCUT2D eigenvalue weighted by molar-refractivity contribution is 7.18. The Bertz CT molecular complexity index is 509. The number of nitrogens with one attached hydrogen (secondary N) is 1. The summed E-state index contributed by atoms with van der Waals surface area (Å²) in [7, 11) is 0. The smallest absolute Gasteiger partial charge is 0.138 e. The maximum Gasteiger partial charge on any atom is 0.138 e. The molecule has 2 aromatic rings. The van der Waals surface area contributed by atoms with Crippen molar-refractivity contribution in [2.75, 3.05) is 11.9 Å². The zero-order valence-corrected chi connectivity index (χ0v) is 11.8. The van der Waals surface area contributed by atoms with Gasteiger partial charge in [0.05, 0.1) is 5.39 Å². The van der Waals surface area contributed by atoms with Crippen LogP contribution in [-0.2, 0) is 6.42 Å². The van der Waals surface area contributed by atoms with Crippen molar-refractivity contribution < 1.29 is 0 Å². The number of rotatable bonds is 6. The van der Waals surface area contributed by atoms with Crippen LogP contribution in [0.4, 0.5) is 5.82 Å². The van der Waals surface area contributed by atoms with Gasteiger partial charge in [-0.1, -0.05) is 20.3 Å². The third-order valence-electron chi connectivity index (χ3n) is 2.99. The lowest BCUT2D eigenvalue weighted by molar-refractivity contribution is 0.646. The Morgan fingerprint density at radius 1 is 1.39 bits per heavy atom. The molecule has 5 heteroatoms. The van der Waals surface area contributed by atoms with Crippen LogP contribution in [0.5, 0.6) is 0 Å². The molecule has 0 spiro atoms. The first kappa shape index (κ1) is 13.2. The van der Waals surface area contributed by atoms with Crippen LogP contribution in [0, 0.1) is 0 Å². The van der Waals surface area contributed by atoms with E-state index in [2.05, 4.69) is 35.2 Å². The van der Waals surface area contributed by atoms with Crippen molar-refractivity contribution in [1.82, 2.24) is 9.97 Å². The molecule has 0 saturated carbocycles. The standard InChI is InChI=1S/C13H20N4S/c1-3-5-9(7-14)17-12-11-6-10(4-2)18-13(11)16-8-15-12/h6,8-9H,3-5,7,14H2,1-2H3,(H,15,16,17). The van der Waals surface area contributed by atoms with Gasteiger partial charge in [-0.05, 0) is 18.9 Å². The van der Waals surface area contributed by atoms with Crippen LogP contribution in [0.25, 0.3) is 10.2 Å². The van der Waals surface area contributed by atoms with Gasteiger partial charge in [0.25, 0.3) is 0 Å². The van der Waals surface area contributed by atoms with Crippen LogP contribution in [0.15, 0.2) is 12.4 Å². The van der Waals surface area contributed by atoms with E-state index >= 15 is 0 Å². The van der Waals surface area contributed by atoms with Crippen LogP contribution >= 0.6 is 11.3 Å². The lowest BCUT2D eigenvalue weighted by Gasteiger charge is -2.16. The van der Waals surface area contributed by atoms with E-state index in [1.807, 2.05) is 0 Å². The van der Waals surface area contributed by atoms with E-state index in [9.17, 15) is 0 Å². The minimum Gasteiger partial charge on any atom is -0.365 e. The molecule has 98 valence electrons. The second kappa shape index (κ2) is 6.11. The van der Waals surface area contributed by atoms with E-state index < -0.39 is 0 Å². The van der Waals surface area contributed by atoms with Gasteiger partial charge >= 0.3 is 0 Å². The predicted octanol–water partition coefficient (Wildman–Crippen LogP) is 2.79. The molecule has 0 amide bonds. The molecule has 2 aromatic heterocycles. The third kappa shape index (κ3) is 2.79. The topological polar surface area (TPSA) is 63.8 Å². The summed E-state index contributed by atoms with van der Waals surface area (Å²) in [5.41, 5.74) is 5.78. The van der Waals surface area contributed by atoms with Gasteiger partial charge in [0.1, 0.15) is 17.0 Å². The van der Waals surface area contributed by atoms with E-state index in [0.29, 0.717) is 6.54 Å². The fourth-order valence-electron chi connectivity index (χ4n) is 1.99. The van der Waals surface area contributed by atoms with Crippen LogP contribution in [-0.4, -0.2) is 22.6 Å². The van der Waals surface area contributed by atoms with Gasteiger partial charge in [-0.2, -0.15) is 0 Å². The summed E-state index contributed by atoms with van der Waals surface area (Å²) < 4.78 is 0. The first-order chi connectivity index (χ1) is 8.78. The molecule has 0 aliphatic heterocycles. The van der Waals surface area contributed by atoms with Crippen LogP contribution < -0.4 is 11.1 Å². The summed E-state index contributed by atoms with van der Waals surface area (Å²) in [5.74, 6) is 0.917. The molecule has 4 nitrogen and oxygen atoms in total. The largest absolute Gasteiger partial charge is 0.365 e. The van der Waals surface area contributed by atoms with Gasteiger partial charge in [-0.3, -0.25) is 0 Å². The van der Waals surface area contributed by atoms with Gasteiger partial charge in [0, 0.05) is 17.5 Å². The van der Waals surface area contributed by atoms with E-state index in [0.717, 1.165) is 35.3 Å². The number of thiophene rings is 1. The summed E-state index contributed by atoms with van der Waals surface area (Å²) >= 11 is 1.74. The van der Waals surface area contributed by atoms with Crippen molar-refractivity contribution in [3.8, 4) is 0 Å². The van der Waals surface area contributed by atoms with Gasteiger partial charge in [-0.15, -0.1) is 11.3 Å². The number of nitrogens with zero attached hydrogens (tertiary/aromatic N) is 2. The first-order valence-corrected chi connectivity index (χ1v) is 7.30. The average molecular weight is 264 g/mol. The van der Waals surface area contributed by atoms with Crippen molar-refractivity contribution in [3.63, 3.8) is 0 Å². The molecule has 3 N–H and O–H groups in total. The molecule has 0 aliphatic carbocycles. The molecular formula is C13H20N4S. The Hall–Kier alpha value is -1.20. The Kier molecular flexibility index (Phi) is 4.49. The third-order valence-corrected chi connectivity index (χ3v) is 4.18. The molecular weight excluding hydrogens is 244 g/mol. The highest BCUT2D eigenvalue weighted by atomic mass is 32.1. The lowest BCUT2D eigenvalue weighted by atomic mass is 10.1. The van der Waals surface area contributed by atoms with Crippen LogP contribution in [0.1, 0.15) is 31.6 Å². The molecule has 0 fully saturated rings. The number of nitrogens with two attached hydrogens (primary N) is 1. The molecule has 0 aromatic carbocycles. The van der Waals surface area contributed by atoms with Crippen molar-refractivity contribution in [2.24, 2.45) is 5.73 Å². The fourth-order valence-corrected chi connectivity index (χ4v) is 2.92. The maximum atomic E-state index is 5.78. The van der Waals surface area contributed by atoms with Gasteiger partial charge in [0.15, 0.2) is 0 Å². The summed E-state index contributed by atoms with van der Waals surface area (Å²) in [6, 6.07) is 2.47. The van der Waals surface area contributed by atoms with Gasteiger partial charge in [-0.25, -0.2) is 9.97 Å². The van der Waals surface area contributed by atoms with Crippen LogP contribution in [0.3, 0.4) is 0 Å². The quantitative estimate of drug-likeness (QED) is 0.842. The molecule has 18 heavy (non-hydrogen) atoms. The maximum absolute atomic E-state index is 5.78. The number of hydrogen-bond acceptors (Lipinski definition) is 5. The molecule has 0 radical (unpaired) electrons. The zero-order chi connectivity index (χ0) is 13.0. The fraction of sp³-hybridized carbons (Fsp3) is 0.538. The molecule has 2 rings (SSSR count). The second-order valence-corrected chi connectivity index (χ2v) is 5.49. The highest BCUT2D eigenvalue weighted by Gasteiger charge is 2.11. The van der Waals surface area contributed by atoms with Crippen molar-refractivity contribution in [3.05, 3.63) is 17.3 Å². The van der Waals surface area contributed by atoms with Crippen LogP contribution in [0.2, 0.25) is 0 Å². The van der Waals surface area contributed by atoms with Gasteiger partial charge < -0.3 is 11.1 Å². The minimum absolute atomic E-state index is 0.290. The molecule has 2 heterocycles. The van der Waals surface area contributed by atoms with E-state index in [1.165, 1.54) is 4.88 Å². The number of aromatic nitrogens is 2. The zero-order valence-electron chi connectivity index (χ0n) is 10.9. The van der Waals surface area contributed by atoms with Crippen molar-refractivity contribution in [1.29, 1.82) is 0 Å². The van der Waals surface area contributed by atoms with E-state index in [4.69, 9.17) is 5.73 Å². The SMILES string of the molecule is CCCC(CN)Nc1ncnc2sc(CC)cc12. The molecule has 0 aliphatic rings. The van der Waals surface area contributed by atoms with E-state index in [1.54, 1.807) is 17.7 Å². The first-order valence-electron chi connectivity index (χ1n) is 6.48. The molecule has 0 saturated heterocycles. The second-order valence-electron chi connectivity index (χ2n) is 4.37. The van der Waals surface area contributed by atoms with Crippen molar-refractivity contribution >= 4 is 27.4 Å². The Balaban J connectivity index is 2.29. The molecule has 1 atom stereocenters. The monoisotopic (exact) mass is 264 g/mol. The predicted molar refractivity (Wildman–Crippen MR) is 78.2 cm³/mol. The normalized spacial score (nSPS) is 12.8. The average Bonchev–Trinajstić information content (AvgIpc) is 2.82. The Labute approximate surface area is 112 Å². The number of fused-ring (bicyclic) bond motifs is 1. The summed E-state index contributed by atoms with van der Waals surface area (Å²) in [6.07, 6.45) is 4.84. The number of hydrogen-bond donors (Lipinski definition) is 2. The summed E-state index contributed by atoms with van der Waals surface area (Å²) in [5, 5.41) is 4.56. The molecule has 1 unspecified atom stereocenters. The molecule has 0 bridgehead atoms. The van der Waals surface area contributed by atoms with Crippen molar-refractivity contribution in [2.45, 2.75) is 39.2 Å². The number of aryl methyl sites for hydroxylation is 1. The Morgan fingerprint density at radius 3 is 2.89 bits per heavy atom. The summed E-state index contributed by atoms with van der Waals surface area (Å²) in [4.78, 5) is 11.1. The minimum atomic E-state index is 0.290. The Morgan fingerprint density at radius 2 is 2.22 bits per heavy atom. The van der Waals surface area contributed by atoms with Gasteiger partial charge in [0.2, 0.25) is 0 Å². The summed E-state index contributed by atoms with van der Waals surface area (Å²) in [6.45, 7) is 4.95. The van der Waals surface area contributed by atoms with E-state index in [-0.39, 0.29) is 6.04 Å².